The molecular formula is C13H13N7O. The van der Waals surface area contributed by atoms with Crippen LogP contribution in [0.25, 0.3) is 11.2 Å². The molecule has 8 nitrogen and oxygen atoms in total. The fourth-order valence-corrected chi connectivity index (χ4v) is 2.04. The Kier molecular flexibility index (Phi) is 3.11. The molecule has 0 spiro atoms. The number of fused-ring (bicyclic) bond motifs is 1. The summed E-state index contributed by atoms with van der Waals surface area (Å²) < 4.78 is 0. The highest BCUT2D eigenvalue weighted by Crippen LogP contribution is 2.26. The lowest BCUT2D eigenvalue weighted by molar-refractivity contribution is 0.318. The van der Waals surface area contributed by atoms with E-state index < -0.39 is 0 Å². The van der Waals surface area contributed by atoms with Gasteiger partial charge >= 0.3 is 0 Å². The van der Waals surface area contributed by atoms with Crippen LogP contribution in [0.15, 0.2) is 42.1 Å². The molecule has 0 atom stereocenters. The summed E-state index contributed by atoms with van der Waals surface area (Å²) in [5, 5.41) is 11.6. The summed E-state index contributed by atoms with van der Waals surface area (Å²) in [7, 11) is 1.89. The number of rotatable bonds is 3. The van der Waals surface area contributed by atoms with Crippen molar-refractivity contribution in [2.45, 2.75) is 0 Å². The number of nitrogens with two attached hydrogens (primary N) is 1. The third kappa shape index (κ3) is 2.22. The van der Waals surface area contributed by atoms with Crippen LogP contribution in [0.2, 0.25) is 0 Å². The number of amidine groups is 1. The lowest BCUT2D eigenvalue weighted by Gasteiger charge is -2.18. The van der Waals surface area contributed by atoms with Gasteiger partial charge in [-0.25, -0.2) is 15.0 Å². The molecule has 2 heterocycles. The van der Waals surface area contributed by atoms with Crippen molar-refractivity contribution in [3.8, 4) is 0 Å². The number of anilines is 2. The van der Waals surface area contributed by atoms with E-state index in [1.165, 1.54) is 6.33 Å². The van der Waals surface area contributed by atoms with Gasteiger partial charge in [0.25, 0.3) is 0 Å². The SMILES string of the molecule is CN(c1ccc(C(N)=NO)cc1)c1ncnc2nc[nH]c12. The number of nitrogens with one attached hydrogen (secondary N) is 1. The van der Waals surface area contributed by atoms with Gasteiger partial charge in [-0.3, -0.25) is 0 Å². The molecule has 4 N–H and O–H groups in total. The summed E-state index contributed by atoms with van der Waals surface area (Å²) in [6.07, 6.45) is 3.05. The summed E-state index contributed by atoms with van der Waals surface area (Å²) in [6, 6.07) is 7.26. The van der Waals surface area contributed by atoms with E-state index in [2.05, 4.69) is 25.1 Å². The van der Waals surface area contributed by atoms with Gasteiger partial charge < -0.3 is 20.8 Å². The van der Waals surface area contributed by atoms with Crippen LogP contribution < -0.4 is 10.6 Å². The molecule has 0 fully saturated rings. The third-order valence-corrected chi connectivity index (χ3v) is 3.18. The lowest BCUT2D eigenvalue weighted by atomic mass is 10.2. The molecule has 1 aromatic carbocycles. The summed E-state index contributed by atoms with van der Waals surface area (Å²) in [5.74, 6) is 0.788. The molecule has 3 aromatic rings. The predicted molar refractivity (Wildman–Crippen MR) is 78.7 cm³/mol. The first-order valence-corrected chi connectivity index (χ1v) is 6.16. The van der Waals surface area contributed by atoms with Gasteiger partial charge in [-0.2, -0.15) is 0 Å². The maximum atomic E-state index is 8.66. The topological polar surface area (TPSA) is 116 Å². The van der Waals surface area contributed by atoms with Gasteiger partial charge in [0.1, 0.15) is 11.8 Å². The Balaban J connectivity index is 1.98. The van der Waals surface area contributed by atoms with Crippen LogP contribution in [0.4, 0.5) is 11.5 Å². The zero-order chi connectivity index (χ0) is 14.8. The van der Waals surface area contributed by atoms with Crippen molar-refractivity contribution in [1.29, 1.82) is 0 Å². The number of imidazole rings is 1. The molecule has 0 amide bonds. The molecule has 2 aromatic heterocycles. The fourth-order valence-electron chi connectivity index (χ4n) is 2.04. The van der Waals surface area contributed by atoms with Crippen molar-refractivity contribution < 1.29 is 5.21 Å². The Morgan fingerprint density at radius 1 is 1.24 bits per heavy atom. The van der Waals surface area contributed by atoms with Crippen molar-refractivity contribution in [3.63, 3.8) is 0 Å². The molecule has 106 valence electrons. The summed E-state index contributed by atoms with van der Waals surface area (Å²) in [4.78, 5) is 17.4. The van der Waals surface area contributed by atoms with Crippen LogP contribution in [0.3, 0.4) is 0 Å². The molecule has 0 unspecified atom stereocenters. The largest absolute Gasteiger partial charge is 0.409 e. The van der Waals surface area contributed by atoms with E-state index in [-0.39, 0.29) is 5.84 Å². The molecule has 21 heavy (non-hydrogen) atoms. The number of aromatic amines is 1. The molecule has 0 aliphatic carbocycles. The van der Waals surface area contributed by atoms with Gasteiger partial charge in [-0.1, -0.05) is 5.16 Å². The monoisotopic (exact) mass is 283 g/mol. The molecule has 0 bridgehead atoms. The maximum Gasteiger partial charge on any atom is 0.182 e. The Morgan fingerprint density at radius 3 is 2.71 bits per heavy atom. The van der Waals surface area contributed by atoms with Crippen molar-refractivity contribution >= 4 is 28.5 Å². The van der Waals surface area contributed by atoms with Gasteiger partial charge in [-0.15, -0.1) is 0 Å². The molecule has 8 heteroatoms. The van der Waals surface area contributed by atoms with Gasteiger partial charge in [0.15, 0.2) is 17.3 Å². The van der Waals surface area contributed by atoms with Crippen LogP contribution in [-0.4, -0.2) is 38.0 Å². The second-order valence-corrected chi connectivity index (χ2v) is 4.39. The van der Waals surface area contributed by atoms with E-state index in [0.29, 0.717) is 17.0 Å². The Morgan fingerprint density at radius 2 is 2.00 bits per heavy atom. The molecular weight excluding hydrogens is 270 g/mol. The number of benzene rings is 1. The van der Waals surface area contributed by atoms with Gasteiger partial charge in [0.05, 0.1) is 6.33 Å². The number of nitrogens with zero attached hydrogens (tertiary/aromatic N) is 5. The highest BCUT2D eigenvalue weighted by molar-refractivity contribution is 5.97. The zero-order valence-corrected chi connectivity index (χ0v) is 11.2. The number of hydrogen-bond donors (Lipinski definition) is 3. The normalized spacial score (nSPS) is 11.8. The summed E-state index contributed by atoms with van der Waals surface area (Å²) in [6.45, 7) is 0. The first-order chi connectivity index (χ1) is 10.2. The van der Waals surface area contributed by atoms with Gasteiger partial charge in [-0.05, 0) is 24.3 Å². The molecule has 0 radical (unpaired) electrons. The standard InChI is InChI=1S/C13H13N7O/c1-20(9-4-2-8(3-5-9)11(14)19-21)13-10-12(16-6-15-10)17-7-18-13/h2-7,21H,1H3,(H2,14,19)(H,15,16,17,18). The second-order valence-electron chi connectivity index (χ2n) is 4.39. The van der Waals surface area contributed by atoms with E-state index in [1.54, 1.807) is 18.5 Å². The van der Waals surface area contributed by atoms with Gasteiger partial charge in [0.2, 0.25) is 0 Å². The minimum absolute atomic E-state index is 0.0715. The van der Waals surface area contributed by atoms with E-state index in [1.807, 2.05) is 24.1 Å². The van der Waals surface area contributed by atoms with Gasteiger partial charge in [0, 0.05) is 18.3 Å². The second kappa shape index (κ2) is 5.08. The lowest BCUT2D eigenvalue weighted by Crippen LogP contribution is -2.15. The minimum Gasteiger partial charge on any atom is -0.409 e. The number of aromatic nitrogens is 4. The fraction of sp³-hybridized carbons (Fsp3) is 0.0769. The zero-order valence-electron chi connectivity index (χ0n) is 11.2. The smallest absolute Gasteiger partial charge is 0.182 e. The maximum absolute atomic E-state index is 8.66. The molecule has 0 saturated heterocycles. The van der Waals surface area contributed by atoms with Crippen molar-refractivity contribution in [1.82, 2.24) is 19.9 Å². The van der Waals surface area contributed by atoms with Crippen LogP contribution in [0.1, 0.15) is 5.56 Å². The van der Waals surface area contributed by atoms with E-state index in [9.17, 15) is 0 Å². The highest BCUT2D eigenvalue weighted by atomic mass is 16.4. The van der Waals surface area contributed by atoms with Crippen LogP contribution in [-0.2, 0) is 0 Å². The number of hydrogen-bond acceptors (Lipinski definition) is 6. The molecule has 0 saturated carbocycles. The van der Waals surface area contributed by atoms with E-state index in [0.717, 1.165) is 11.2 Å². The van der Waals surface area contributed by atoms with E-state index >= 15 is 0 Å². The first kappa shape index (κ1) is 12.9. The molecule has 3 rings (SSSR count). The van der Waals surface area contributed by atoms with Crippen LogP contribution >= 0.6 is 0 Å². The average Bonchev–Trinajstić information content (AvgIpc) is 3.02. The Bertz CT molecular complexity index is 794. The minimum atomic E-state index is 0.0715. The summed E-state index contributed by atoms with van der Waals surface area (Å²) >= 11 is 0. The first-order valence-electron chi connectivity index (χ1n) is 6.16. The van der Waals surface area contributed by atoms with Crippen molar-refractivity contribution in [2.75, 3.05) is 11.9 Å². The summed E-state index contributed by atoms with van der Waals surface area (Å²) in [5.41, 5.74) is 8.46. The van der Waals surface area contributed by atoms with E-state index in [4.69, 9.17) is 10.9 Å². The Hall–Kier alpha value is -3.16. The highest BCUT2D eigenvalue weighted by Gasteiger charge is 2.12. The average molecular weight is 283 g/mol. The molecule has 0 aliphatic heterocycles. The Labute approximate surface area is 120 Å². The van der Waals surface area contributed by atoms with Crippen molar-refractivity contribution in [3.05, 3.63) is 42.5 Å². The predicted octanol–water partition coefficient (Wildman–Crippen LogP) is 1.22. The van der Waals surface area contributed by atoms with Crippen LogP contribution in [0, 0.1) is 0 Å². The number of oxime groups is 1. The molecule has 0 aliphatic rings. The quantitative estimate of drug-likeness (QED) is 0.288. The van der Waals surface area contributed by atoms with Crippen LogP contribution in [0.5, 0.6) is 0 Å². The van der Waals surface area contributed by atoms with Crippen molar-refractivity contribution in [2.24, 2.45) is 10.9 Å². The third-order valence-electron chi connectivity index (χ3n) is 3.18. The number of H-pyrrole nitrogens is 1.